The van der Waals surface area contributed by atoms with E-state index in [4.69, 9.17) is 4.74 Å². The number of carbonyl (C=O) groups excluding carboxylic acids is 3. The van der Waals surface area contributed by atoms with Crippen LogP contribution >= 0.6 is 0 Å². The van der Waals surface area contributed by atoms with Gasteiger partial charge in [-0.2, -0.15) is 0 Å². The molecule has 1 aliphatic rings. The highest BCUT2D eigenvalue weighted by molar-refractivity contribution is 5.88. The van der Waals surface area contributed by atoms with Gasteiger partial charge in [0.1, 0.15) is 11.6 Å². The van der Waals surface area contributed by atoms with Crippen LogP contribution in [0.1, 0.15) is 24.8 Å². The van der Waals surface area contributed by atoms with Crippen molar-refractivity contribution in [2.45, 2.75) is 31.8 Å². The van der Waals surface area contributed by atoms with Gasteiger partial charge < -0.3 is 20.1 Å². The maximum atomic E-state index is 14.3. The Morgan fingerprint density at radius 2 is 2.14 bits per heavy atom. The molecule has 28 heavy (non-hydrogen) atoms. The monoisotopic (exact) mass is 395 g/mol. The Balaban J connectivity index is 1.93. The van der Waals surface area contributed by atoms with Crippen molar-refractivity contribution in [2.75, 3.05) is 33.9 Å². The average Bonchev–Trinajstić information content (AvgIpc) is 2.69. The van der Waals surface area contributed by atoms with Crippen molar-refractivity contribution < 1.29 is 28.2 Å². The van der Waals surface area contributed by atoms with Crippen LogP contribution in [-0.2, 0) is 25.7 Å². The number of carbonyl (C=O) groups is 3. The van der Waals surface area contributed by atoms with E-state index in [-0.39, 0.29) is 37.2 Å². The maximum Gasteiger partial charge on any atom is 0.305 e. The fourth-order valence-electron chi connectivity index (χ4n) is 2.99. The number of hydrogen-bond acceptors (Lipinski definition) is 6. The van der Waals surface area contributed by atoms with Gasteiger partial charge in [-0.15, -0.1) is 0 Å². The smallest absolute Gasteiger partial charge is 0.305 e. The maximum absolute atomic E-state index is 14.3. The summed E-state index contributed by atoms with van der Waals surface area (Å²) in [6.45, 7) is 1.48. The van der Waals surface area contributed by atoms with Gasteiger partial charge in [0, 0.05) is 44.2 Å². The highest BCUT2D eigenvalue weighted by Crippen LogP contribution is 2.20. The van der Waals surface area contributed by atoms with Gasteiger partial charge in [0.05, 0.1) is 26.7 Å². The van der Waals surface area contributed by atoms with Crippen molar-refractivity contribution in [3.63, 3.8) is 0 Å². The molecule has 2 N–H and O–H groups in total. The van der Waals surface area contributed by atoms with Gasteiger partial charge in [0.2, 0.25) is 11.8 Å². The first-order chi connectivity index (χ1) is 13.4. The lowest BCUT2D eigenvalue weighted by Crippen LogP contribution is -2.56. The quantitative estimate of drug-likeness (QED) is 0.469. The molecule has 8 nitrogen and oxygen atoms in total. The van der Waals surface area contributed by atoms with Crippen LogP contribution in [0, 0.1) is 5.82 Å². The van der Waals surface area contributed by atoms with Crippen LogP contribution in [0.4, 0.5) is 4.39 Å². The molecule has 0 aliphatic carbocycles. The van der Waals surface area contributed by atoms with Crippen LogP contribution in [0.2, 0.25) is 0 Å². The van der Waals surface area contributed by atoms with E-state index in [0.29, 0.717) is 37.4 Å². The highest BCUT2D eigenvalue weighted by atomic mass is 19.1. The third-order valence-electron chi connectivity index (χ3n) is 4.56. The minimum absolute atomic E-state index is 0.0398. The van der Waals surface area contributed by atoms with Gasteiger partial charge in [-0.05, 0) is 12.5 Å². The number of hydrogen-bond donors (Lipinski definition) is 2. The summed E-state index contributed by atoms with van der Waals surface area (Å²) in [6.07, 6.45) is 0.626. The fourth-order valence-corrected chi connectivity index (χ4v) is 2.99. The van der Waals surface area contributed by atoms with E-state index in [2.05, 4.69) is 15.4 Å². The second-order valence-corrected chi connectivity index (χ2v) is 6.47. The molecule has 1 fully saturated rings. The first kappa shape index (κ1) is 21.6. The standard InChI is InChI=1S/C19H26FN3O5/c1-27-14-6-5-13(15(20)10-14)12-23-9-8-22-19(26)16(23)11-17(24)21-7-3-4-18(25)28-2/h5-6,10,16H,3-4,7-9,11-12H2,1-2H3,(H,21,24)(H,22,26)/t16-/m0/s1. The van der Waals surface area contributed by atoms with Gasteiger partial charge in [0.25, 0.3) is 0 Å². The molecule has 2 rings (SSSR count). The number of methoxy groups -OCH3 is 2. The van der Waals surface area contributed by atoms with Crippen molar-refractivity contribution in [1.82, 2.24) is 15.5 Å². The Labute approximate surface area is 163 Å². The molecule has 1 aliphatic heterocycles. The molecule has 1 aromatic carbocycles. The van der Waals surface area contributed by atoms with E-state index < -0.39 is 11.9 Å². The van der Waals surface area contributed by atoms with Crippen LogP contribution < -0.4 is 15.4 Å². The normalized spacial score (nSPS) is 17.0. The molecule has 1 aromatic rings. The number of esters is 1. The summed E-state index contributed by atoms with van der Waals surface area (Å²) in [5.41, 5.74) is 0.430. The zero-order valence-corrected chi connectivity index (χ0v) is 16.1. The molecule has 0 spiro atoms. The van der Waals surface area contributed by atoms with Crippen LogP contribution in [0.5, 0.6) is 5.75 Å². The summed E-state index contributed by atoms with van der Waals surface area (Å²) in [4.78, 5) is 37.3. The predicted octanol–water partition coefficient (Wildman–Crippen LogP) is 0.594. The van der Waals surface area contributed by atoms with E-state index in [9.17, 15) is 18.8 Å². The largest absolute Gasteiger partial charge is 0.497 e. The van der Waals surface area contributed by atoms with E-state index in [1.54, 1.807) is 17.0 Å². The first-order valence-corrected chi connectivity index (χ1v) is 9.12. The van der Waals surface area contributed by atoms with Crippen molar-refractivity contribution in [1.29, 1.82) is 0 Å². The molecular weight excluding hydrogens is 369 g/mol. The summed E-state index contributed by atoms with van der Waals surface area (Å²) in [5, 5.41) is 5.44. The molecular formula is C19H26FN3O5. The fraction of sp³-hybridized carbons (Fsp3) is 0.526. The molecule has 0 saturated carbocycles. The Kier molecular flexibility index (Phi) is 8.19. The van der Waals surface area contributed by atoms with Crippen LogP contribution in [0.15, 0.2) is 18.2 Å². The predicted molar refractivity (Wildman–Crippen MR) is 99.0 cm³/mol. The number of halogens is 1. The lowest BCUT2D eigenvalue weighted by atomic mass is 10.1. The van der Waals surface area contributed by atoms with Gasteiger partial charge in [-0.1, -0.05) is 6.07 Å². The topological polar surface area (TPSA) is 97.0 Å². The van der Waals surface area contributed by atoms with Crippen LogP contribution in [-0.4, -0.2) is 62.6 Å². The third kappa shape index (κ3) is 6.19. The zero-order chi connectivity index (χ0) is 20.5. The minimum Gasteiger partial charge on any atom is -0.497 e. The number of piperazine rings is 1. The van der Waals surface area contributed by atoms with E-state index in [0.717, 1.165) is 0 Å². The van der Waals surface area contributed by atoms with E-state index >= 15 is 0 Å². The summed E-state index contributed by atoms with van der Waals surface area (Å²) < 4.78 is 23.8. The van der Waals surface area contributed by atoms with Crippen LogP contribution in [0.25, 0.3) is 0 Å². The van der Waals surface area contributed by atoms with Crippen molar-refractivity contribution >= 4 is 17.8 Å². The molecule has 0 aromatic heterocycles. The number of nitrogens with one attached hydrogen (secondary N) is 2. The second kappa shape index (κ2) is 10.6. The Bertz CT molecular complexity index is 713. The number of nitrogens with zero attached hydrogens (tertiary/aromatic N) is 1. The number of benzene rings is 1. The number of rotatable bonds is 9. The summed E-state index contributed by atoms with van der Waals surface area (Å²) in [6, 6.07) is 3.88. The lowest BCUT2D eigenvalue weighted by Gasteiger charge is -2.34. The first-order valence-electron chi connectivity index (χ1n) is 9.12. The molecule has 1 heterocycles. The van der Waals surface area contributed by atoms with Gasteiger partial charge in [-0.25, -0.2) is 4.39 Å². The van der Waals surface area contributed by atoms with Crippen molar-refractivity contribution in [3.8, 4) is 5.75 Å². The van der Waals surface area contributed by atoms with Crippen molar-refractivity contribution in [3.05, 3.63) is 29.6 Å². The number of ether oxygens (including phenoxy) is 2. The second-order valence-electron chi connectivity index (χ2n) is 6.47. The Morgan fingerprint density at radius 1 is 1.36 bits per heavy atom. The molecule has 1 saturated heterocycles. The third-order valence-corrected chi connectivity index (χ3v) is 4.56. The van der Waals surface area contributed by atoms with E-state index in [1.165, 1.54) is 20.3 Å². The van der Waals surface area contributed by atoms with Crippen molar-refractivity contribution in [2.24, 2.45) is 0 Å². The lowest BCUT2D eigenvalue weighted by molar-refractivity contribution is -0.140. The van der Waals surface area contributed by atoms with Gasteiger partial charge in [0.15, 0.2) is 0 Å². The summed E-state index contributed by atoms with van der Waals surface area (Å²) in [5.74, 6) is -0.900. The zero-order valence-electron chi connectivity index (χ0n) is 16.1. The molecule has 0 bridgehead atoms. The van der Waals surface area contributed by atoms with Gasteiger partial charge in [-0.3, -0.25) is 19.3 Å². The van der Waals surface area contributed by atoms with E-state index in [1.807, 2.05) is 0 Å². The molecule has 0 radical (unpaired) electrons. The molecule has 154 valence electrons. The molecule has 1 atom stereocenters. The molecule has 9 heteroatoms. The average molecular weight is 395 g/mol. The molecule has 2 amide bonds. The Hall–Kier alpha value is -2.68. The highest BCUT2D eigenvalue weighted by Gasteiger charge is 2.32. The van der Waals surface area contributed by atoms with Crippen LogP contribution in [0.3, 0.4) is 0 Å². The SMILES string of the molecule is COC(=O)CCCNC(=O)C[C@H]1C(=O)NCCN1Cc1ccc(OC)cc1F. The number of amides is 2. The Morgan fingerprint density at radius 3 is 2.82 bits per heavy atom. The van der Waals surface area contributed by atoms with Gasteiger partial charge >= 0.3 is 5.97 Å². The minimum atomic E-state index is -0.684. The summed E-state index contributed by atoms with van der Waals surface area (Å²) >= 11 is 0. The molecule has 0 unspecified atom stereocenters. The summed E-state index contributed by atoms with van der Waals surface area (Å²) in [7, 11) is 2.77.